The van der Waals surface area contributed by atoms with Gasteiger partial charge in [0.2, 0.25) is 0 Å². The van der Waals surface area contributed by atoms with Crippen molar-refractivity contribution >= 4 is 26.7 Å². The fourth-order valence-corrected chi connectivity index (χ4v) is 2.79. The Bertz CT molecular complexity index is 544. The van der Waals surface area contributed by atoms with Crippen LogP contribution in [0.25, 0.3) is 10.2 Å². The zero-order valence-corrected chi connectivity index (χ0v) is 9.84. The Balaban J connectivity index is 1.85. The highest BCUT2D eigenvalue weighted by Gasteiger charge is 2.25. The van der Waals surface area contributed by atoms with Gasteiger partial charge in [0, 0.05) is 0 Å². The molecule has 90 valence electrons. The van der Waals surface area contributed by atoms with Crippen LogP contribution in [-0.2, 0) is 4.74 Å². The summed E-state index contributed by atoms with van der Waals surface area (Å²) in [7, 11) is 0. The molecular weight excluding hydrogens is 241 g/mol. The van der Waals surface area contributed by atoms with Gasteiger partial charge in [-0.15, -0.1) is 0 Å². The van der Waals surface area contributed by atoms with Gasteiger partial charge < -0.3 is 15.8 Å². The Morgan fingerprint density at radius 3 is 3.12 bits per heavy atom. The number of hydrogen-bond donors (Lipinski definition) is 2. The molecule has 1 aromatic heterocycles. The van der Waals surface area contributed by atoms with Crippen molar-refractivity contribution in [2.24, 2.45) is 5.73 Å². The lowest BCUT2D eigenvalue weighted by atomic mass is 10.2. The van der Waals surface area contributed by atoms with Crippen LogP contribution in [0.15, 0.2) is 18.2 Å². The lowest BCUT2D eigenvalue weighted by molar-refractivity contribution is 0.192. The Kier molecular flexibility index (Phi) is 2.70. The van der Waals surface area contributed by atoms with Crippen LogP contribution in [0, 0.1) is 5.82 Å². The Morgan fingerprint density at radius 1 is 1.47 bits per heavy atom. The molecule has 4 nitrogen and oxygen atoms in total. The number of thiazole rings is 1. The molecule has 1 saturated heterocycles. The zero-order valence-electron chi connectivity index (χ0n) is 9.02. The fraction of sp³-hybridized carbons (Fsp3) is 0.364. The summed E-state index contributed by atoms with van der Waals surface area (Å²) >= 11 is 1.43. The lowest BCUT2D eigenvalue weighted by Crippen LogP contribution is -2.38. The highest BCUT2D eigenvalue weighted by molar-refractivity contribution is 7.22. The van der Waals surface area contributed by atoms with E-state index in [1.807, 2.05) is 0 Å². The second-order valence-corrected chi connectivity index (χ2v) is 5.11. The molecule has 6 heteroatoms. The molecule has 3 rings (SSSR count). The maximum absolute atomic E-state index is 13.0. The molecular formula is C11H12FN3OS. The molecule has 1 aromatic carbocycles. The van der Waals surface area contributed by atoms with E-state index in [2.05, 4.69) is 10.3 Å². The van der Waals surface area contributed by atoms with Crippen LogP contribution < -0.4 is 11.1 Å². The van der Waals surface area contributed by atoms with Crippen LogP contribution >= 0.6 is 11.3 Å². The molecule has 1 aliphatic heterocycles. The van der Waals surface area contributed by atoms with Crippen molar-refractivity contribution in [2.75, 3.05) is 18.5 Å². The first kappa shape index (κ1) is 10.9. The largest absolute Gasteiger partial charge is 0.378 e. The maximum atomic E-state index is 13.0. The topological polar surface area (TPSA) is 60.2 Å². The van der Waals surface area contributed by atoms with E-state index in [-0.39, 0.29) is 17.9 Å². The van der Waals surface area contributed by atoms with Gasteiger partial charge in [-0.25, -0.2) is 9.37 Å². The SMILES string of the molecule is NC1COCC1Nc1nc2ccc(F)cc2s1. The minimum Gasteiger partial charge on any atom is -0.378 e. The Hall–Kier alpha value is -1.24. The van der Waals surface area contributed by atoms with Crippen LogP contribution in [0.3, 0.4) is 0 Å². The average molecular weight is 253 g/mol. The Morgan fingerprint density at radius 2 is 2.35 bits per heavy atom. The number of rotatable bonds is 2. The number of aromatic nitrogens is 1. The van der Waals surface area contributed by atoms with Gasteiger partial charge in [-0.1, -0.05) is 11.3 Å². The minimum absolute atomic E-state index is 0.0150. The number of nitrogens with one attached hydrogen (secondary N) is 1. The lowest BCUT2D eigenvalue weighted by Gasteiger charge is -2.13. The first-order valence-electron chi connectivity index (χ1n) is 5.38. The van der Waals surface area contributed by atoms with Gasteiger partial charge in [0.15, 0.2) is 5.13 Å². The first-order valence-corrected chi connectivity index (χ1v) is 6.20. The molecule has 0 saturated carbocycles. The van der Waals surface area contributed by atoms with Crippen molar-refractivity contribution in [1.29, 1.82) is 0 Å². The van der Waals surface area contributed by atoms with Crippen LogP contribution in [0.5, 0.6) is 0 Å². The molecule has 0 radical (unpaired) electrons. The van der Waals surface area contributed by atoms with E-state index in [0.29, 0.717) is 13.2 Å². The molecule has 2 atom stereocenters. The van der Waals surface area contributed by atoms with E-state index in [1.54, 1.807) is 6.07 Å². The van der Waals surface area contributed by atoms with Crippen molar-refractivity contribution in [3.63, 3.8) is 0 Å². The molecule has 0 amide bonds. The summed E-state index contributed by atoms with van der Waals surface area (Å²) in [6.07, 6.45) is 0. The summed E-state index contributed by atoms with van der Waals surface area (Å²) in [5, 5.41) is 4.00. The van der Waals surface area contributed by atoms with E-state index in [9.17, 15) is 4.39 Å². The van der Waals surface area contributed by atoms with Crippen molar-refractivity contribution in [1.82, 2.24) is 4.98 Å². The summed E-state index contributed by atoms with van der Waals surface area (Å²) < 4.78 is 19.1. The van der Waals surface area contributed by atoms with E-state index in [4.69, 9.17) is 10.5 Å². The summed E-state index contributed by atoms with van der Waals surface area (Å²) in [5.74, 6) is -0.242. The maximum Gasteiger partial charge on any atom is 0.184 e. The molecule has 0 bridgehead atoms. The van der Waals surface area contributed by atoms with Gasteiger partial charge in [0.05, 0.1) is 35.5 Å². The molecule has 1 fully saturated rings. The van der Waals surface area contributed by atoms with Crippen LogP contribution in [0.4, 0.5) is 9.52 Å². The van der Waals surface area contributed by atoms with Gasteiger partial charge in [0.1, 0.15) is 5.82 Å². The number of nitrogens with two attached hydrogens (primary N) is 1. The summed E-state index contributed by atoms with van der Waals surface area (Å²) in [6, 6.07) is 4.65. The van der Waals surface area contributed by atoms with Crippen molar-refractivity contribution in [3.05, 3.63) is 24.0 Å². The number of nitrogens with zero attached hydrogens (tertiary/aromatic N) is 1. The van der Waals surface area contributed by atoms with Crippen molar-refractivity contribution < 1.29 is 9.13 Å². The molecule has 0 spiro atoms. The second kappa shape index (κ2) is 4.21. The number of halogens is 1. The van der Waals surface area contributed by atoms with Crippen molar-refractivity contribution in [2.45, 2.75) is 12.1 Å². The first-order chi connectivity index (χ1) is 8.22. The number of anilines is 1. The third kappa shape index (κ3) is 2.11. The quantitative estimate of drug-likeness (QED) is 0.853. The highest BCUT2D eigenvalue weighted by atomic mass is 32.1. The van der Waals surface area contributed by atoms with Crippen LogP contribution in [0.1, 0.15) is 0 Å². The fourth-order valence-electron chi connectivity index (χ4n) is 1.84. The van der Waals surface area contributed by atoms with Crippen LogP contribution in [0.2, 0.25) is 0 Å². The molecule has 2 heterocycles. The molecule has 2 aromatic rings. The predicted octanol–water partition coefficient (Wildman–Crippen LogP) is 1.57. The summed E-state index contributed by atoms with van der Waals surface area (Å²) in [6.45, 7) is 1.16. The van der Waals surface area contributed by atoms with Gasteiger partial charge >= 0.3 is 0 Å². The third-order valence-electron chi connectivity index (χ3n) is 2.78. The summed E-state index contributed by atoms with van der Waals surface area (Å²) in [4.78, 5) is 4.38. The number of ether oxygens (including phenoxy) is 1. The minimum atomic E-state index is -0.242. The zero-order chi connectivity index (χ0) is 11.8. The molecule has 1 aliphatic rings. The highest BCUT2D eigenvalue weighted by Crippen LogP contribution is 2.27. The predicted molar refractivity (Wildman–Crippen MR) is 65.8 cm³/mol. The molecule has 0 aliphatic carbocycles. The van der Waals surface area contributed by atoms with Gasteiger partial charge in [-0.3, -0.25) is 0 Å². The third-order valence-corrected chi connectivity index (χ3v) is 3.73. The van der Waals surface area contributed by atoms with Gasteiger partial charge in [-0.05, 0) is 18.2 Å². The number of hydrogen-bond acceptors (Lipinski definition) is 5. The second-order valence-electron chi connectivity index (χ2n) is 4.08. The van der Waals surface area contributed by atoms with E-state index in [1.165, 1.54) is 23.5 Å². The van der Waals surface area contributed by atoms with E-state index < -0.39 is 0 Å². The van der Waals surface area contributed by atoms with Crippen LogP contribution in [-0.4, -0.2) is 30.3 Å². The molecule has 3 N–H and O–H groups in total. The normalized spacial score (nSPS) is 24.4. The molecule has 17 heavy (non-hydrogen) atoms. The number of benzene rings is 1. The van der Waals surface area contributed by atoms with Crippen molar-refractivity contribution in [3.8, 4) is 0 Å². The van der Waals surface area contributed by atoms with Gasteiger partial charge in [-0.2, -0.15) is 0 Å². The monoisotopic (exact) mass is 253 g/mol. The van der Waals surface area contributed by atoms with E-state index >= 15 is 0 Å². The standard InChI is InChI=1S/C11H12FN3OS/c12-6-1-2-8-10(3-6)17-11(14-8)15-9-5-16-4-7(9)13/h1-3,7,9H,4-5,13H2,(H,14,15). The van der Waals surface area contributed by atoms with Gasteiger partial charge in [0.25, 0.3) is 0 Å². The Labute approximate surface area is 102 Å². The molecule has 2 unspecified atom stereocenters. The smallest absolute Gasteiger partial charge is 0.184 e. The summed E-state index contributed by atoms with van der Waals surface area (Å²) in [5.41, 5.74) is 6.67. The number of fused-ring (bicyclic) bond motifs is 1. The average Bonchev–Trinajstić information content (AvgIpc) is 2.85. The van der Waals surface area contributed by atoms with E-state index in [0.717, 1.165) is 15.3 Å².